The average Bonchev–Trinajstić information content (AvgIpc) is 2.20. The summed E-state index contributed by atoms with van der Waals surface area (Å²) in [5.74, 6) is 0.639. The lowest BCUT2D eigenvalue weighted by molar-refractivity contribution is -0.119. The molecule has 0 saturated carbocycles. The van der Waals surface area contributed by atoms with Gasteiger partial charge >= 0.3 is 0 Å². The van der Waals surface area contributed by atoms with Crippen molar-refractivity contribution < 1.29 is 4.79 Å². The van der Waals surface area contributed by atoms with Crippen LogP contribution in [-0.2, 0) is 4.79 Å². The lowest BCUT2D eigenvalue weighted by Gasteiger charge is -2.31. The molecule has 2 rings (SSSR count). The zero-order chi connectivity index (χ0) is 11.0. The van der Waals surface area contributed by atoms with Crippen LogP contribution < -0.4 is 10.2 Å². The lowest BCUT2D eigenvalue weighted by Crippen LogP contribution is -2.46. The molecule has 1 N–H and O–H groups in total. The van der Waals surface area contributed by atoms with Crippen LogP contribution in [0.25, 0.3) is 0 Å². The Hall–Kier alpha value is -1.36. The van der Waals surface area contributed by atoms with Crippen molar-refractivity contribution in [2.24, 2.45) is 0 Å². The number of likely N-dealkylation sites (N-methyl/N-ethyl adjacent to an activating group) is 1. The van der Waals surface area contributed by atoms with Crippen molar-refractivity contribution in [1.29, 1.82) is 0 Å². The van der Waals surface area contributed by atoms with Crippen molar-refractivity contribution in [3.05, 3.63) is 11.5 Å². The van der Waals surface area contributed by atoms with E-state index in [1.165, 1.54) is 0 Å². The van der Waals surface area contributed by atoms with Gasteiger partial charge in [-0.2, -0.15) is 4.98 Å². The SMILES string of the molecule is CCN1C(=O)[C@H](C)Nc2nc(Cl)ncc21. The molecule has 0 saturated heterocycles. The number of hydrogen-bond donors (Lipinski definition) is 1. The molecule has 2 heterocycles. The van der Waals surface area contributed by atoms with Crippen molar-refractivity contribution in [3.8, 4) is 0 Å². The maximum atomic E-state index is 11.8. The predicted octanol–water partition coefficient (Wildman–Crippen LogP) is 1.30. The van der Waals surface area contributed by atoms with Gasteiger partial charge in [0, 0.05) is 6.54 Å². The van der Waals surface area contributed by atoms with Crippen molar-refractivity contribution >= 4 is 29.0 Å². The number of halogens is 1. The van der Waals surface area contributed by atoms with E-state index in [-0.39, 0.29) is 17.2 Å². The molecule has 6 heteroatoms. The Balaban J connectivity index is 2.49. The van der Waals surface area contributed by atoms with E-state index in [0.717, 1.165) is 0 Å². The van der Waals surface area contributed by atoms with E-state index in [1.54, 1.807) is 18.0 Å². The third-order valence-corrected chi connectivity index (χ3v) is 2.52. The summed E-state index contributed by atoms with van der Waals surface area (Å²) in [6.07, 6.45) is 1.56. The Morgan fingerprint density at radius 1 is 1.67 bits per heavy atom. The van der Waals surface area contributed by atoms with Gasteiger partial charge in [0.2, 0.25) is 11.2 Å². The summed E-state index contributed by atoms with van der Waals surface area (Å²) >= 11 is 5.69. The Morgan fingerprint density at radius 3 is 3.07 bits per heavy atom. The molecule has 1 aromatic heterocycles. The summed E-state index contributed by atoms with van der Waals surface area (Å²) in [5.41, 5.74) is 0.685. The molecule has 0 spiro atoms. The van der Waals surface area contributed by atoms with Crippen molar-refractivity contribution in [1.82, 2.24) is 9.97 Å². The smallest absolute Gasteiger partial charge is 0.249 e. The first-order chi connectivity index (χ1) is 7.13. The van der Waals surface area contributed by atoms with Crippen molar-refractivity contribution in [3.63, 3.8) is 0 Å². The van der Waals surface area contributed by atoms with E-state index in [9.17, 15) is 4.79 Å². The van der Waals surface area contributed by atoms with Gasteiger partial charge in [-0.15, -0.1) is 0 Å². The molecule has 1 aliphatic rings. The molecule has 80 valence electrons. The van der Waals surface area contributed by atoms with Gasteiger partial charge in [-0.3, -0.25) is 4.79 Å². The van der Waals surface area contributed by atoms with Crippen LogP contribution in [0.2, 0.25) is 5.28 Å². The monoisotopic (exact) mass is 226 g/mol. The lowest BCUT2D eigenvalue weighted by atomic mass is 10.2. The average molecular weight is 227 g/mol. The number of aromatic nitrogens is 2. The second kappa shape index (κ2) is 3.66. The van der Waals surface area contributed by atoms with E-state index in [1.807, 2.05) is 6.92 Å². The van der Waals surface area contributed by atoms with Crippen LogP contribution in [0.1, 0.15) is 13.8 Å². The zero-order valence-corrected chi connectivity index (χ0v) is 9.25. The summed E-state index contributed by atoms with van der Waals surface area (Å²) in [7, 11) is 0. The molecule has 0 aliphatic carbocycles. The van der Waals surface area contributed by atoms with Crippen LogP contribution in [0.15, 0.2) is 6.20 Å². The molecule has 1 atom stereocenters. The minimum absolute atomic E-state index is 0.0240. The fourth-order valence-corrected chi connectivity index (χ4v) is 1.74. The first-order valence-corrected chi connectivity index (χ1v) is 5.11. The Bertz CT molecular complexity index is 409. The number of carbonyl (C=O) groups is 1. The fraction of sp³-hybridized carbons (Fsp3) is 0.444. The van der Waals surface area contributed by atoms with Gasteiger partial charge in [-0.1, -0.05) is 0 Å². The van der Waals surface area contributed by atoms with E-state index >= 15 is 0 Å². The number of amides is 1. The van der Waals surface area contributed by atoms with Gasteiger partial charge in [0.05, 0.1) is 6.20 Å². The molecule has 5 nitrogen and oxygen atoms in total. The molecule has 0 bridgehead atoms. The molecule has 1 aromatic rings. The van der Waals surface area contributed by atoms with Crippen LogP contribution in [0.5, 0.6) is 0 Å². The molecule has 0 fully saturated rings. The Kier molecular flexibility index (Phi) is 2.48. The largest absolute Gasteiger partial charge is 0.357 e. The van der Waals surface area contributed by atoms with Gasteiger partial charge in [0.1, 0.15) is 11.7 Å². The normalized spacial score (nSPS) is 19.8. The van der Waals surface area contributed by atoms with E-state index in [0.29, 0.717) is 18.1 Å². The topological polar surface area (TPSA) is 58.1 Å². The van der Waals surface area contributed by atoms with E-state index in [4.69, 9.17) is 11.6 Å². The minimum atomic E-state index is -0.275. The number of anilines is 2. The number of rotatable bonds is 1. The van der Waals surface area contributed by atoms with Crippen LogP contribution in [0, 0.1) is 0 Å². The summed E-state index contributed by atoms with van der Waals surface area (Å²) in [5, 5.41) is 3.17. The summed E-state index contributed by atoms with van der Waals surface area (Å²) in [6.45, 7) is 4.31. The highest BCUT2D eigenvalue weighted by molar-refractivity contribution is 6.28. The van der Waals surface area contributed by atoms with Crippen molar-refractivity contribution in [2.45, 2.75) is 19.9 Å². The van der Waals surface area contributed by atoms with Gasteiger partial charge in [0.25, 0.3) is 0 Å². The quantitative estimate of drug-likeness (QED) is 0.734. The van der Waals surface area contributed by atoms with Crippen LogP contribution >= 0.6 is 11.6 Å². The molecule has 1 amide bonds. The first kappa shape index (κ1) is 10.2. The fourth-order valence-electron chi connectivity index (χ4n) is 1.60. The highest BCUT2D eigenvalue weighted by Crippen LogP contribution is 2.29. The summed E-state index contributed by atoms with van der Waals surface area (Å²) in [6, 6.07) is -0.275. The second-order valence-electron chi connectivity index (χ2n) is 3.32. The van der Waals surface area contributed by atoms with E-state index in [2.05, 4.69) is 15.3 Å². The summed E-state index contributed by atoms with van der Waals surface area (Å²) in [4.78, 5) is 21.3. The van der Waals surface area contributed by atoms with Crippen LogP contribution in [0.4, 0.5) is 11.5 Å². The first-order valence-electron chi connectivity index (χ1n) is 4.74. The van der Waals surface area contributed by atoms with Crippen LogP contribution in [0.3, 0.4) is 0 Å². The maximum absolute atomic E-state index is 11.8. The second-order valence-corrected chi connectivity index (χ2v) is 3.66. The minimum Gasteiger partial charge on any atom is -0.357 e. The maximum Gasteiger partial charge on any atom is 0.249 e. The van der Waals surface area contributed by atoms with E-state index < -0.39 is 0 Å². The highest BCUT2D eigenvalue weighted by Gasteiger charge is 2.29. The predicted molar refractivity (Wildman–Crippen MR) is 58.2 cm³/mol. The van der Waals surface area contributed by atoms with Gasteiger partial charge < -0.3 is 10.2 Å². The number of carbonyl (C=O) groups excluding carboxylic acids is 1. The molecule has 1 aliphatic heterocycles. The number of nitrogens with zero attached hydrogens (tertiary/aromatic N) is 3. The number of fused-ring (bicyclic) bond motifs is 1. The molecule has 0 radical (unpaired) electrons. The van der Waals surface area contributed by atoms with Gasteiger partial charge in [-0.05, 0) is 25.4 Å². The van der Waals surface area contributed by atoms with Gasteiger partial charge in [-0.25, -0.2) is 4.98 Å². The molecule has 0 unspecified atom stereocenters. The van der Waals surface area contributed by atoms with Gasteiger partial charge in [0.15, 0.2) is 5.82 Å². The van der Waals surface area contributed by atoms with Crippen LogP contribution in [-0.4, -0.2) is 28.5 Å². The Morgan fingerprint density at radius 2 is 2.40 bits per heavy atom. The Labute approximate surface area is 92.5 Å². The van der Waals surface area contributed by atoms with Crippen molar-refractivity contribution in [2.75, 3.05) is 16.8 Å². The third kappa shape index (κ3) is 1.63. The standard InChI is InChI=1S/C9H11ClN4O/c1-3-14-6-4-11-9(10)13-7(6)12-5(2)8(14)15/h4-5H,3H2,1-2H3,(H,11,12,13)/t5-/m0/s1. The molecule has 0 aromatic carbocycles. The molecule has 15 heavy (non-hydrogen) atoms. The zero-order valence-electron chi connectivity index (χ0n) is 8.49. The molecular formula is C9H11ClN4O. The third-order valence-electron chi connectivity index (χ3n) is 2.34. The number of hydrogen-bond acceptors (Lipinski definition) is 4. The highest BCUT2D eigenvalue weighted by atomic mass is 35.5. The number of nitrogens with one attached hydrogen (secondary N) is 1. The summed E-state index contributed by atoms with van der Waals surface area (Å²) < 4.78 is 0. The molecular weight excluding hydrogens is 216 g/mol.